The zero-order valence-electron chi connectivity index (χ0n) is 20.6. The molecule has 2 rings (SSSR count). The second kappa shape index (κ2) is 9.97. The molecule has 2 aliphatic carbocycles. The van der Waals surface area contributed by atoms with Crippen molar-refractivity contribution in [3.63, 3.8) is 0 Å². The molecule has 0 aromatic rings. The maximum absolute atomic E-state index is 5.25. The zero-order valence-corrected chi connectivity index (χ0v) is 21.5. The fourth-order valence-electron chi connectivity index (χ4n) is 6.36. The average molecular weight is 419 g/mol. The van der Waals surface area contributed by atoms with Crippen LogP contribution in [0, 0.1) is 28.1 Å². The van der Waals surface area contributed by atoms with Gasteiger partial charge in [-0.15, -0.1) is 0 Å². The van der Waals surface area contributed by atoms with Crippen molar-refractivity contribution < 1.29 is 0 Å². The molecule has 1 heteroatoms. The number of hydrogen-bond acceptors (Lipinski definition) is 1. The van der Waals surface area contributed by atoms with Crippen LogP contribution in [0.15, 0.2) is 24.3 Å². The maximum atomic E-state index is 5.25. The summed E-state index contributed by atoms with van der Waals surface area (Å²) >= 11 is 5.25. The molecular formula is C28H50S. The van der Waals surface area contributed by atoms with Gasteiger partial charge in [0.05, 0.1) is 0 Å². The number of fused-ring (bicyclic) bond motifs is 2. The average Bonchev–Trinajstić information content (AvgIpc) is 2.90. The zero-order chi connectivity index (χ0) is 21.9. The molecule has 2 aliphatic rings. The van der Waals surface area contributed by atoms with Gasteiger partial charge in [0.25, 0.3) is 0 Å². The van der Waals surface area contributed by atoms with E-state index in [1.807, 2.05) is 0 Å². The Morgan fingerprint density at radius 1 is 1.17 bits per heavy atom. The summed E-state index contributed by atoms with van der Waals surface area (Å²) in [5.74, 6) is 1.40. The van der Waals surface area contributed by atoms with E-state index in [4.69, 9.17) is 12.6 Å². The third kappa shape index (κ3) is 5.96. The van der Waals surface area contributed by atoms with Crippen molar-refractivity contribution in [3.8, 4) is 0 Å². The van der Waals surface area contributed by atoms with Gasteiger partial charge in [-0.2, -0.15) is 12.6 Å². The van der Waals surface area contributed by atoms with E-state index in [0.29, 0.717) is 27.4 Å². The molecule has 0 radical (unpaired) electrons. The number of thiol groups is 1. The van der Waals surface area contributed by atoms with E-state index in [9.17, 15) is 0 Å². The minimum Gasteiger partial charge on any atom is -0.175 e. The van der Waals surface area contributed by atoms with Gasteiger partial charge in [-0.3, -0.25) is 0 Å². The highest BCUT2D eigenvalue weighted by atomic mass is 32.1. The van der Waals surface area contributed by atoms with Crippen molar-refractivity contribution in [3.05, 3.63) is 24.3 Å². The van der Waals surface area contributed by atoms with Crippen LogP contribution in [0.25, 0.3) is 0 Å². The molecule has 0 saturated heterocycles. The van der Waals surface area contributed by atoms with Gasteiger partial charge in [0.1, 0.15) is 0 Å². The van der Waals surface area contributed by atoms with E-state index in [0.717, 1.165) is 5.92 Å². The van der Waals surface area contributed by atoms with E-state index < -0.39 is 0 Å². The lowest BCUT2D eigenvalue weighted by atomic mass is 9.64. The summed E-state index contributed by atoms with van der Waals surface area (Å²) in [6.45, 7) is 23.6. The monoisotopic (exact) mass is 418 g/mol. The largest absolute Gasteiger partial charge is 0.175 e. The number of hydrogen-bond donors (Lipinski definition) is 1. The highest BCUT2D eigenvalue weighted by Crippen LogP contribution is 2.59. The van der Waals surface area contributed by atoms with Crippen LogP contribution in [-0.2, 0) is 0 Å². The van der Waals surface area contributed by atoms with Gasteiger partial charge >= 0.3 is 0 Å². The van der Waals surface area contributed by atoms with E-state index in [1.54, 1.807) is 0 Å². The Balaban J connectivity index is 2.03. The van der Waals surface area contributed by atoms with Crippen molar-refractivity contribution in [1.82, 2.24) is 0 Å². The first-order valence-electron chi connectivity index (χ1n) is 12.5. The summed E-state index contributed by atoms with van der Waals surface area (Å²) in [6.07, 6.45) is 15.4. The molecule has 29 heavy (non-hydrogen) atoms. The van der Waals surface area contributed by atoms with Gasteiger partial charge in [-0.25, -0.2) is 0 Å². The van der Waals surface area contributed by atoms with Gasteiger partial charge in [0.2, 0.25) is 0 Å². The molecule has 6 atom stereocenters. The number of allylic oxidation sites excluding steroid dienone is 2. The van der Waals surface area contributed by atoms with Crippen molar-refractivity contribution in [2.45, 2.75) is 124 Å². The summed E-state index contributed by atoms with van der Waals surface area (Å²) in [7, 11) is 0. The topological polar surface area (TPSA) is 0 Å². The van der Waals surface area contributed by atoms with E-state index in [-0.39, 0.29) is 0 Å². The molecule has 2 saturated carbocycles. The van der Waals surface area contributed by atoms with Gasteiger partial charge in [0, 0.05) is 5.25 Å². The first-order valence-corrected chi connectivity index (χ1v) is 13.0. The summed E-state index contributed by atoms with van der Waals surface area (Å²) in [5, 5.41) is 0.491. The van der Waals surface area contributed by atoms with Crippen LogP contribution in [0.3, 0.4) is 0 Å². The van der Waals surface area contributed by atoms with Crippen LogP contribution in [0.5, 0.6) is 0 Å². The molecule has 2 fully saturated rings. The SMILES string of the molecule is C=C(CCCC)C(C)CCCC1(C)C(C)CCC2(C)CC(=C)C(C)(CCC1S)C2. The maximum Gasteiger partial charge on any atom is 0.00735 e. The van der Waals surface area contributed by atoms with Crippen molar-refractivity contribution >= 4 is 12.6 Å². The number of rotatable bonds is 8. The Labute approximate surface area is 188 Å². The van der Waals surface area contributed by atoms with Crippen LogP contribution in [0.2, 0.25) is 0 Å². The predicted octanol–water partition coefficient (Wildman–Crippen LogP) is 9.42. The molecule has 0 nitrogen and oxygen atoms in total. The van der Waals surface area contributed by atoms with Gasteiger partial charge in [0.15, 0.2) is 0 Å². The molecule has 2 bridgehead atoms. The summed E-state index contributed by atoms with van der Waals surface area (Å²) < 4.78 is 0. The van der Waals surface area contributed by atoms with Gasteiger partial charge in [-0.05, 0) is 92.3 Å². The lowest BCUT2D eigenvalue weighted by molar-refractivity contribution is 0.114. The molecule has 0 aromatic heterocycles. The smallest absolute Gasteiger partial charge is 0.00735 e. The number of unbranched alkanes of at least 4 members (excludes halogenated alkanes) is 1. The summed E-state index contributed by atoms with van der Waals surface area (Å²) in [4.78, 5) is 0. The fraction of sp³-hybridized carbons (Fsp3) is 0.857. The normalized spacial score (nSPS) is 39.3. The molecular weight excluding hydrogens is 368 g/mol. The van der Waals surface area contributed by atoms with E-state index >= 15 is 0 Å². The minimum absolute atomic E-state index is 0.332. The van der Waals surface area contributed by atoms with Crippen LogP contribution in [-0.4, -0.2) is 5.25 Å². The fourth-order valence-corrected chi connectivity index (χ4v) is 6.88. The second-order valence-electron chi connectivity index (χ2n) is 11.9. The van der Waals surface area contributed by atoms with Gasteiger partial charge < -0.3 is 0 Å². The molecule has 0 spiro atoms. The first-order chi connectivity index (χ1) is 13.5. The molecule has 0 aliphatic heterocycles. The van der Waals surface area contributed by atoms with Crippen molar-refractivity contribution in [2.75, 3.05) is 0 Å². The van der Waals surface area contributed by atoms with Gasteiger partial charge in [-0.1, -0.05) is 78.7 Å². The predicted molar refractivity (Wildman–Crippen MR) is 135 cm³/mol. The Kier molecular flexibility index (Phi) is 8.63. The first kappa shape index (κ1) is 25.1. The highest BCUT2D eigenvalue weighted by molar-refractivity contribution is 7.81. The molecule has 168 valence electrons. The van der Waals surface area contributed by atoms with E-state index in [2.05, 4.69) is 54.7 Å². The molecule has 0 aromatic carbocycles. The standard InChI is InChI=1S/C28H50S/c1-9-10-12-21(2)22(3)13-11-16-28(8)23(4)14-17-26(6)19-24(5)27(7,20-26)18-15-25(28)29/h22-23,25,29H,2,5,9-20H2,1,3-4,6-8H3. The minimum atomic E-state index is 0.332. The second-order valence-corrected chi connectivity index (χ2v) is 12.5. The van der Waals surface area contributed by atoms with Crippen molar-refractivity contribution in [2.24, 2.45) is 28.1 Å². The lowest BCUT2D eigenvalue weighted by Gasteiger charge is -2.44. The Morgan fingerprint density at radius 3 is 2.52 bits per heavy atom. The van der Waals surface area contributed by atoms with Crippen LogP contribution in [0.4, 0.5) is 0 Å². The summed E-state index contributed by atoms with van der Waals surface area (Å²) in [6, 6.07) is 0. The third-order valence-corrected chi connectivity index (χ3v) is 10.1. The molecule has 0 heterocycles. The summed E-state index contributed by atoms with van der Waals surface area (Å²) in [5.41, 5.74) is 4.11. The molecule has 6 unspecified atom stereocenters. The van der Waals surface area contributed by atoms with Crippen LogP contribution in [0.1, 0.15) is 119 Å². The Morgan fingerprint density at radius 2 is 1.86 bits per heavy atom. The molecule has 0 N–H and O–H groups in total. The van der Waals surface area contributed by atoms with Crippen LogP contribution >= 0.6 is 12.6 Å². The lowest BCUT2D eigenvalue weighted by Crippen LogP contribution is -2.37. The van der Waals surface area contributed by atoms with Crippen LogP contribution < -0.4 is 0 Å². The highest BCUT2D eigenvalue weighted by Gasteiger charge is 2.48. The third-order valence-electron chi connectivity index (χ3n) is 9.25. The quantitative estimate of drug-likeness (QED) is 0.294. The Bertz CT molecular complexity index is 577. The molecule has 0 amide bonds. The van der Waals surface area contributed by atoms with E-state index in [1.165, 1.54) is 88.2 Å². The van der Waals surface area contributed by atoms with Crippen molar-refractivity contribution in [1.29, 1.82) is 0 Å². The Hall–Kier alpha value is -0.170.